The summed E-state index contributed by atoms with van der Waals surface area (Å²) >= 11 is 0. The van der Waals surface area contributed by atoms with Gasteiger partial charge >= 0.3 is 0 Å². The van der Waals surface area contributed by atoms with Crippen molar-refractivity contribution in [3.05, 3.63) is 11.7 Å². The Hall–Kier alpha value is -0.900. The number of hydrogen-bond donors (Lipinski definition) is 1. The molecule has 0 saturated heterocycles. The van der Waals surface area contributed by atoms with Crippen LogP contribution < -0.4 is 0 Å². The SMILES string of the molecule is OC1CC(c2nc(C34CC5CC(CC(C5)C3)C4)no2)C1. The van der Waals surface area contributed by atoms with Crippen LogP contribution in [0.25, 0.3) is 0 Å². The third kappa shape index (κ3) is 1.57. The lowest BCUT2D eigenvalue weighted by molar-refractivity contribution is -0.0103. The molecule has 0 atom stereocenters. The van der Waals surface area contributed by atoms with E-state index in [1.54, 1.807) is 0 Å². The van der Waals surface area contributed by atoms with Gasteiger partial charge in [-0.15, -0.1) is 0 Å². The van der Waals surface area contributed by atoms with E-state index in [1.165, 1.54) is 38.5 Å². The molecule has 20 heavy (non-hydrogen) atoms. The summed E-state index contributed by atoms with van der Waals surface area (Å²) in [7, 11) is 0. The molecule has 5 saturated carbocycles. The average Bonchev–Trinajstić information content (AvgIpc) is 2.83. The van der Waals surface area contributed by atoms with Crippen molar-refractivity contribution in [2.24, 2.45) is 17.8 Å². The summed E-state index contributed by atoms with van der Waals surface area (Å²) in [6.07, 6.45) is 9.61. The minimum absolute atomic E-state index is 0.158. The summed E-state index contributed by atoms with van der Waals surface area (Å²) in [5.74, 6) is 4.81. The Balaban J connectivity index is 1.45. The number of aliphatic hydroxyl groups is 1. The second-order valence-corrected chi connectivity index (χ2v) is 7.98. The average molecular weight is 274 g/mol. The molecule has 1 N–H and O–H groups in total. The van der Waals surface area contributed by atoms with Gasteiger partial charge in [-0.05, 0) is 69.1 Å². The Morgan fingerprint density at radius 1 is 0.950 bits per heavy atom. The number of nitrogens with zero attached hydrogens (tertiary/aromatic N) is 2. The molecule has 4 bridgehead atoms. The smallest absolute Gasteiger partial charge is 0.229 e. The topological polar surface area (TPSA) is 59.2 Å². The van der Waals surface area contributed by atoms with E-state index in [-0.39, 0.29) is 11.5 Å². The van der Waals surface area contributed by atoms with E-state index >= 15 is 0 Å². The highest BCUT2D eigenvalue weighted by molar-refractivity contribution is 5.17. The molecule has 108 valence electrons. The van der Waals surface area contributed by atoms with Crippen LogP contribution in [0.3, 0.4) is 0 Å². The molecule has 0 unspecified atom stereocenters. The zero-order chi connectivity index (χ0) is 13.3. The molecular formula is C16H22N2O2. The molecule has 5 aliphatic carbocycles. The highest BCUT2D eigenvalue weighted by Gasteiger charge is 2.54. The molecular weight excluding hydrogens is 252 g/mol. The molecule has 4 heteroatoms. The fraction of sp³-hybridized carbons (Fsp3) is 0.875. The van der Waals surface area contributed by atoms with E-state index < -0.39 is 0 Å². The normalized spacial score (nSPS) is 49.4. The van der Waals surface area contributed by atoms with Gasteiger partial charge < -0.3 is 9.63 Å². The van der Waals surface area contributed by atoms with Crippen LogP contribution >= 0.6 is 0 Å². The van der Waals surface area contributed by atoms with Crippen molar-refractivity contribution < 1.29 is 9.63 Å². The quantitative estimate of drug-likeness (QED) is 0.901. The van der Waals surface area contributed by atoms with Crippen molar-refractivity contribution in [1.29, 1.82) is 0 Å². The number of aliphatic hydroxyl groups excluding tert-OH is 1. The number of aromatic nitrogens is 2. The van der Waals surface area contributed by atoms with E-state index in [1.807, 2.05) is 0 Å². The van der Waals surface area contributed by atoms with Crippen molar-refractivity contribution in [2.75, 3.05) is 0 Å². The van der Waals surface area contributed by atoms with Gasteiger partial charge in [0.05, 0.1) is 6.10 Å². The monoisotopic (exact) mass is 274 g/mol. The minimum Gasteiger partial charge on any atom is -0.393 e. The van der Waals surface area contributed by atoms with Crippen molar-refractivity contribution in [3.63, 3.8) is 0 Å². The number of hydrogen-bond acceptors (Lipinski definition) is 4. The van der Waals surface area contributed by atoms with Gasteiger partial charge in [0.1, 0.15) is 0 Å². The van der Waals surface area contributed by atoms with Crippen molar-refractivity contribution in [3.8, 4) is 0 Å². The molecule has 0 spiro atoms. The Labute approximate surface area is 118 Å². The molecule has 0 radical (unpaired) electrons. The van der Waals surface area contributed by atoms with Crippen LogP contribution in [0.5, 0.6) is 0 Å². The second-order valence-electron chi connectivity index (χ2n) is 7.98. The molecule has 0 aliphatic heterocycles. The molecule has 1 aromatic heterocycles. The maximum absolute atomic E-state index is 9.43. The summed E-state index contributed by atoms with van der Waals surface area (Å²) in [5.41, 5.74) is 0.235. The first-order valence-corrected chi connectivity index (χ1v) is 8.22. The molecule has 0 aromatic carbocycles. The maximum atomic E-state index is 9.43. The van der Waals surface area contributed by atoms with Crippen LogP contribution in [0, 0.1) is 17.8 Å². The Kier molecular flexibility index (Phi) is 2.25. The first-order valence-electron chi connectivity index (χ1n) is 8.22. The lowest BCUT2D eigenvalue weighted by Gasteiger charge is -2.55. The molecule has 0 amide bonds. The lowest BCUT2D eigenvalue weighted by atomic mass is 9.49. The van der Waals surface area contributed by atoms with Crippen LogP contribution in [-0.4, -0.2) is 21.4 Å². The predicted octanol–water partition coefficient (Wildman–Crippen LogP) is 2.78. The highest BCUT2D eigenvalue weighted by Crippen LogP contribution is 2.60. The molecule has 1 heterocycles. The van der Waals surface area contributed by atoms with Crippen LogP contribution in [0.15, 0.2) is 4.52 Å². The van der Waals surface area contributed by atoms with Crippen molar-refractivity contribution >= 4 is 0 Å². The van der Waals surface area contributed by atoms with Gasteiger partial charge in [0.2, 0.25) is 5.89 Å². The van der Waals surface area contributed by atoms with Crippen molar-refractivity contribution in [1.82, 2.24) is 10.1 Å². The summed E-state index contributed by atoms with van der Waals surface area (Å²) in [4.78, 5) is 4.77. The largest absolute Gasteiger partial charge is 0.393 e. The first-order chi connectivity index (χ1) is 9.70. The Bertz CT molecular complexity index is 497. The van der Waals surface area contributed by atoms with E-state index in [2.05, 4.69) is 5.16 Å². The third-order valence-corrected chi connectivity index (χ3v) is 6.42. The summed E-state index contributed by atoms with van der Waals surface area (Å²) in [6.45, 7) is 0. The van der Waals surface area contributed by atoms with E-state index in [9.17, 15) is 5.11 Å². The minimum atomic E-state index is -0.158. The van der Waals surface area contributed by atoms with E-state index in [0.29, 0.717) is 5.92 Å². The zero-order valence-corrected chi connectivity index (χ0v) is 11.8. The molecule has 4 nitrogen and oxygen atoms in total. The van der Waals surface area contributed by atoms with Gasteiger partial charge in [-0.2, -0.15) is 4.98 Å². The Morgan fingerprint density at radius 2 is 1.55 bits per heavy atom. The summed E-state index contributed by atoms with van der Waals surface area (Å²) in [6, 6.07) is 0. The number of rotatable bonds is 2. The Morgan fingerprint density at radius 3 is 2.10 bits per heavy atom. The summed E-state index contributed by atoms with van der Waals surface area (Å²) < 4.78 is 5.53. The zero-order valence-electron chi connectivity index (χ0n) is 11.8. The lowest BCUT2D eigenvalue weighted by Crippen LogP contribution is -2.49. The molecule has 1 aromatic rings. The van der Waals surface area contributed by atoms with Crippen LogP contribution in [0.2, 0.25) is 0 Å². The molecule has 6 rings (SSSR count). The van der Waals surface area contributed by atoms with Gasteiger partial charge in [0.15, 0.2) is 5.82 Å². The summed E-state index contributed by atoms with van der Waals surface area (Å²) in [5, 5.41) is 13.8. The fourth-order valence-electron chi connectivity index (χ4n) is 5.79. The van der Waals surface area contributed by atoms with E-state index in [0.717, 1.165) is 42.3 Å². The highest BCUT2D eigenvalue weighted by atomic mass is 16.5. The predicted molar refractivity (Wildman–Crippen MR) is 72.1 cm³/mol. The van der Waals surface area contributed by atoms with Crippen LogP contribution in [0.1, 0.15) is 69.0 Å². The van der Waals surface area contributed by atoms with E-state index in [4.69, 9.17) is 9.51 Å². The van der Waals surface area contributed by atoms with Crippen molar-refractivity contribution in [2.45, 2.75) is 68.8 Å². The maximum Gasteiger partial charge on any atom is 0.229 e. The van der Waals surface area contributed by atoms with Gasteiger partial charge in [0.25, 0.3) is 0 Å². The second kappa shape index (κ2) is 3.85. The van der Waals surface area contributed by atoms with Gasteiger partial charge in [-0.3, -0.25) is 0 Å². The van der Waals surface area contributed by atoms with Gasteiger partial charge in [-0.25, -0.2) is 0 Å². The fourth-order valence-corrected chi connectivity index (χ4v) is 5.79. The van der Waals surface area contributed by atoms with Crippen LogP contribution in [0.4, 0.5) is 0 Å². The standard InChI is InChI=1S/C16H22N2O2/c19-13-4-12(5-13)14-17-15(18-20-14)16-6-9-1-10(7-16)3-11(2-9)8-16/h9-13,19H,1-8H2. The van der Waals surface area contributed by atoms with Gasteiger partial charge in [-0.1, -0.05) is 5.16 Å². The van der Waals surface area contributed by atoms with Crippen LogP contribution in [-0.2, 0) is 5.41 Å². The third-order valence-electron chi connectivity index (χ3n) is 6.42. The van der Waals surface area contributed by atoms with Gasteiger partial charge in [0, 0.05) is 11.3 Å². The molecule has 5 fully saturated rings. The first kappa shape index (κ1) is 11.7. The molecule has 5 aliphatic rings.